The highest BCUT2D eigenvalue weighted by atomic mass is 16.3. The van der Waals surface area contributed by atoms with Crippen LogP contribution < -0.4 is 4.90 Å². The Bertz CT molecular complexity index is 2450. The van der Waals surface area contributed by atoms with Gasteiger partial charge in [0.1, 0.15) is 11.2 Å². The van der Waals surface area contributed by atoms with Gasteiger partial charge in [-0.05, 0) is 105 Å². The molecule has 0 amide bonds. The van der Waals surface area contributed by atoms with Gasteiger partial charge >= 0.3 is 0 Å². The van der Waals surface area contributed by atoms with Gasteiger partial charge in [0.25, 0.3) is 0 Å². The number of hydrogen-bond acceptors (Lipinski definition) is 2. The zero-order chi connectivity index (χ0) is 33.3. The lowest BCUT2D eigenvalue weighted by Gasteiger charge is -2.26. The van der Waals surface area contributed by atoms with E-state index in [1.54, 1.807) is 0 Å². The van der Waals surface area contributed by atoms with Crippen LogP contribution in [0.15, 0.2) is 205 Å². The highest BCUT2D eigenvalue weighted by Crippen LogP contribution is 2.39. The van der Waals surface area contributed by atoms with Crippen LogP contribution in [0.5, 0.6) is 0 Å². The number of furan rings is 1. The first-order chi connectivity index (χ1) is 24.8. The summed E-state index contributed by atoms with van der Waals surface area (Å²) in [6.45, 7) is 0. The average molecular weight is 640 g/mol. The molecule has 0 N–H and O–H groups in total. The Morgan fingerprint density at radius 2 is 0.540 bits per heavy atom. The van der Waals surface area contributed by atoms with E-state index in [0.717, 1.165) is 50.1 Å². The van der Waals surface area contributed by atoms with E-state index in [2.05, 4.69) is 205 Å². The van der Waals surface area contributed by atoms with Gasteiger partial charge in [0, 0.05) is 27.8 Å². The van der Waals surface area contributed by atoms with Gasteiger partial charge in [0.2, 0.25) is 0 Å². The fourth-order valence-corrected chi connectivity index (χ4v) is 6.88. The normalized spacial score (nSPS) is 11.2. The summed E-state index contributed by atoms with van der Waals surface area (Å²) < 4.78 is 6.25. The minimum atomic E-state index is 0.898. The Morgan fingerprint density at radius 3 is 0.900 bits per heavy atom. The molecule has 0 aliphatic carbocycles. The van der Waals surface area contributed by atoms with E-state index in [1.807, 2.05) is 0 Å². The molecule has 0 aliphatic rings. The van der Waals surface area contributed by atoms with Gasteiger partial charge in [0.15, 0.2) is 0 Å². The van der Waals surface area contributed by atoms with Crippen LogP contribution in [-0.4, -0.2) is 0 Å². The van der Waals surface area contributed by atoms with Crippen molar-refractivity contribution in [3.8, 4) is 44.5 Å². The van der Waals surface area contributed by atoms with Crippen molar-refractivity contribution in [2.45, 2.75) is 0 Å². The summed E-state index contributed by atoms with van der Waals surface area (Å²) in [7, 11) is 0. The van der Waals surface area contributed by atoms with Gasteiger partial charge in [0.05, 0.1) is 0 Å². The molecule has 1 heterocycles. The highest BCUT2D eigenvalue weighted by molar-refractivity contribution is 6.07. The summed E-state index contributed by atoms with van der Waals surface area (Å²) in [6.07, 6.45) is 0. The average Bonchev–Trinajstić information content (AvgIpc) is 3.57. The minimum Gasteiger partial charge on any atom is -0.456 e. The van der Waals surface area contributed by atoms with Crippen molar-refractivity contribution >= 4 is 39.0 Å². The SMILES string of the molecule is c1ccc(-c2ccc(N(c3ccc(-c4ccccc4)cc3)c3ccc(-c4ccc5oc6ccc(-c7ccccc7)cc6c5c4)cc3)cc2)cc1. The molecular formula is C48H33NO. The summed E-state index contributed by atoms with van der Waals surface area (Å²) >= 11 is 0. The third kappa shape index (κ3) is 5.63. The molecule has 0 saturated heterocycles. The van der Waals surface area contributed by atoms with Crippen LogP contribution in [-0.2, 0) is 0 Å². The first kappa shape index (κ1) is 29.5. The van der Waals surface area contributed by atoms with Crippen LogP contribution in [0.2, 0.25) is 0 Å². The van der Waals surface area contributed by atoms with E-state index in [9.17, 15) is 0 Å². The molecule has 0 unspecified atom stereocenters. The minimum absolute atomic E-state index is 0.898. The number of benzene rings is 8. The molecule has 2 nitrogen and oxygen atoms in total. The molecule has 8 aromatic carbocycles. The third-order valence-corrected chi connectivity index (χ3v) is 9.50. The van der Waals surface area contributed by atoms with Crippen molar-refractivity contribution in [2.24, 2.45) is 0 Å². The van der Waals surface area contributed by atoms with Gasteiger partial charge in [-0.25, -0.2) is 0 Å². The predicted molar refractivity (Wildman–Crippen MR) is 210 cm³/mol. The number of anilines is 3. The summed E-state index contributed by atoms with van der Waals surface area (Å²) in [5, 5.41) is 2.25. The van der Waals surface area contributed by atoms with Crippen molar-refractivity contribution in [1.82, 2.24) is 0 Å². The maximum atomic E-state index is 6.25. The second-order valence-electron chi connectivity index (χ2n) is 12.6. The van der Waals surface area contributed by atoms with E-state index in [0.29, 0.717) is 0 Å². The topological polar surface area (TPSA) is 16.4 Å². The second kappa shape index (κ2) is 12.8. The first-order valence-corrected chi connectivity index (χ1v) is 17.0. The maximum Gasteiger partial charge on any atom is 0.135 e. The Kier molecular flexibility index (Phi) is 7.53. The molecule has 0 spiro atoms. The number of nitrogens with zero attached hydrogens (tertiary/aromatic N) is 1. The smallest absolute Gasteiger partial charge is 0.135 e. The summed E-state index contributed by atoms with van der Waals surface area (Å²) in [4.78, 5) is 2.32. The van der Waals surface area contributed by atoms with Crippen molar-refractivity contribution in [3.63, 3.8) is 0 Å². The molecule has 0 bridgehead atoms. The largest absolute Gasteiger partial charge is 0.456 e. The lowest BCUT2D eigenvalue weighted by atomic mass is 10.00. The molecule has 9 rings (SSSR count). The highest BCUT2D eigenvalue weighted by Gasteiger charge is 2.15. The van der Waals surface area contributed by atoms with E-state index < -0.39 is 0 Å². The fourth-order valence-electron chi connectivity index (χ4n) is 6.88. The van der Waals surface area contributed by atoms with E-state index in [1.165, 1.54) is 33.4 Å². The number of hydrogen-bond donors (Lipinski definition) is 0. The van der Waals surface area contributed by atoms with Crippen molar-refractivity contribution in [3.05, 3.63) is 200 Å². The van der Waals surface area contributed by atoms with Crippen LogP contribution in [0.25, 0.3) is 66.4 Å². The van der Waals surface area contributed by atoms with Gasteiger partial charge in [-0.3, -0.25) is 0 Å². The van der Waals surface area contributed by atoms with Crippen LogP contribution >= 0.6 is 0 Å². The van der Waals surface area contributed by atoms with Crippen LogP contribution in [0.4, 0.5) is 17.1 Å². The standard InChI is InChI=1S/C48H33NO/c1-4-10-34(11-5-1)37-16-24-42(25-17-37)49(43-26-18-38(19-27-43)35-12-6-2-7-13-35)44-28-20-39(21-29-44)41-23-31-48-46(33-41)45-32-40(22-30-47(45)50-48)36-14-8-3-9-15-36/h1-33H. The van der Waals surface area contributed by atoms with E-state index in [4.69, 9.17) is 4.42 Å². The molecule has 0 atom stereocenters. The Morgan fingerprint density at radius 1 is 0.260 bits per heavy atom. The lowest BCUT2D eigenvalue weighted by Crippen LogP contribution is -2.09. The molecule has 50 heavy (non-hydrogen) atoms. The Hall–Kier alpha value is -6.64. The van der Waals surface area contributed by atoms with Gasteiger partial charge < -0.3 is 9.32 Å². The zero-order valence-electron chi connectivity index (χ0n) is 27.4. The summed E-state index contributed by atoms with van der Waals surface area (Å²) in [5.41, 5.74) is 14.6. The first-order valence-electron chi connectivity index (χ1n) is 17.0. The third-order valence-electron chi connectivity index (χ3n) is 9.50. The monoisotopic (exact) mass is 639 g/mol. The second-order valence-corrected chi connectivity index (χ2v) is 12.6. The lowest BCUT2D eigenvalue weighted by molar-refractivity contribution is 0.669. The molecular weight excluding hydrogens is 607 g/mol. The van der Waals surface area contributed by atoms with Crippen LogP contribution in [0.1, 0.15) is 0 Å². The predicted octanol–water partition coefficient (Wildman–Crippen LogP) is 13.7. The quantitative estimate of drug-likeness (QED) is 0.173. The molecule has 0 saturated carbocycles. The van der Waals surface area contributed by atoms with Crippen molar-refractivity contribution in [2.75, 3.05) is 4.90 Å². The fraction of sp³-hybridized carbons (Fsp3) is 0. The van der Waals surface area contributed by atoms with Gasteiger partial charge in [-0.15, -0.1) is 0 Å². The summed E-state index contributed by atoms with van der Waals surface area (Å²) in [6, 6.07) is 71.1. The van der Waals surface area contributed by atoms with Crippen LogP contribution in [0, 0.1) is 0 Å². The molecule has 9 aromatic rings. The Labute approximate surface area is 292 Å². The van der Waals surface area contributed by atoms with Gasteiger partial charge in [-0.1, -0.05) is 140 Å². The maximum absolute atomic E-state index is 6.25. The zero-order valence-corrected chi connectivity index (χ0v) is 27.4. The molecule has 236 valence electrons. The van der Waals surface area contributed by atoms with E-state index >= 15 is 0 Å². The van der Waals surface area contributed by atoms with Gasteiger partial charge in [-0.2, -0.15) is 0 Å². The Balaban J connectivity index is 1.08. The number of rotatable bonds is 7. The summed E-state index contributed by atoms with van der Waals surface area (Å²) in [5.74, 6) is 0. The molecule has 1 aromatic heterocycles. The number of fused-ring (bicyclic) bond motifs is 3. The van der Waals surface area contributed by atoms with Crippen molar-refractivity contribution in [1.29, 1.82) is 0 Å². The molecule has 0 fully saturated rings. The van der Waals surface area contributed by atoms with Crippen LogP contribution in [0.3, 0.4) is 0 Å². The van der Waals surface area contributed by atoms with Crippen molar-refractivity contribution < 1.29 is 4.42 Å². The molecule has 2 heteroatoms. The molecule has 0 aliphatic heterocycles. The molecule has 0 radical (unpaired) electrons. The van der Waals surface area contributed by atoms with E-state index in [-0.39, 0.29) is 0 Å².